The van der Waals surface area contributed by atoms with Crippen LogP contribution in [0.1, 0.15) is 20.8 Å². The first-order valence-corrected chi connectivity index (χ1v) is 8.84. The van der Waals surface area contributed by atoms with Gasteiger partial charge < -0.3 is 19.4 Å². The van der Waals surface area contributed by atoms with E-state index in [1.165, 1.54) is 6.20 Å². The van der Waals surface area contributed by atoms with E-state index in [2.05, 4.69) is 38.3 Å². The van der Waals surface area contributed by atoms with Gasteiger partial charge in [0.15, 0.2) is 0 Å². The molecule has 0 aliphatic carbocycles. The van der Waals surface area contributed by atoms with Crippen molar-refractivity contribution in [2.45, 2.75) is 25.5 Å². The van der Waals surface area contributed by atoms with E-state index in [-0.39, 0.29) is 4.75 Å². The predicted molar refractivity (Wildman–Crippen MR) is 85.8 cm³/mol. The number of nitrogen functional groups attached to an aromatic ring is 1. The number of nitrogens with zero attached hydrogens (tertiary/aromatic N) is 1. The highest BCUT2D eigenvalue weighted by Crippen LogP contribution is 2.53. The number of rotatable bonds is 6. The molecule has 0 aliphatic rings. The molecule has 1 heterocycles. The molecule has 0 unspecified atom stereocenters. The van der Waals surface area contributed by atoms with Gasteiger partial charge >= 0.3 is 0 Å². The Balaban J connectivity index is 2.46. The van der Waals surface area contributed by atoms with Crippen LogP contribution >= 0.6 is 10.3 Å². The average molecular weight is 302 g/mol. The SMILES string of the molecule is COc1cc(OCCOS(C)(C)C(C)(C)C)ncc1N. The number of anilines is 1. The second-order valence-corrected chi connectivity index (χ2v) is 9.71. The zero-order valence-electron chi connectivity index (χ0n) is 13.2. The minimum absolute atomic E-state index is 0.148. The minimum atomic E-state index is -1.12. The molecule has 2 N–H and O–H groups in total. The molecule has 1 rings (SSSR count). The molecule has 116 valence electrons. The van der Waals surface area contributed by atoms with Crippen LogP contribution in [0.25, 0.3) is 0 Å². The number of methoxy groups -OCH3 is 1. The Morgan fingerprint density at radius 2 is 1.90 bits per heavy atom. The molecule has 0 atom stereocenters. The predicted octanol–water partition coefficient (Wildman–Crippen LogP) is 2.85. The molecule has 6 heteroatoms. The lowest BCUT2D eigenvalue weighted by atomic mass is 10.3. The lowest BCUT2D eigenvalue weighted by Crippen LogP contribution is -2.26. The summed E-state index contributed by atoms with van der Waals surface area (Å²) in [5.74, 6) is 1.06. The topological polar surface area (TPSA) is 66.6 Å². The van der Waals surface area contributed by atoms with E-state index in [1.54, 1.807) is 13.2 Å². The average Bonchev–Trinajstić information content (AvgIpc) is 2.35. The van der Waals surface area contributed by atoms with Crippen LogP contribution in [-0.2, 0) is 4.18 Å². The van der Waals surface area contributed by atoms with Crippen LogP contribution in [-0.4, -0.2) is 42.6 Å². The molecule has 0 fully saturated rings. The molecule has 0 amide bonds. The number of pyridine rings is 1. The van der Waals surface area contributed by atoms with Crippen LogP contribution in [0.2, 0.25) is 0 Å². The van der Waals surface area contributed by atoms with Crippen molar-refractivity contribution in [2.24, 2.45) is 0 Å². The summed E-state index contributed by atoms with van der Waals surface area (Å²) in [7, 11) is 0.446. The molecule has 0 saturated carbocycles. The molecule has 0 bridgehead atoms. The molecule has 0 radical (unpaired) electrons. The molecular formula is C14H26N2O3S. The van der Waals surface area contributed by atoms with Gasteiger partial charge in [0.1, 0.15) is 12.4 Å². The fourth-order valence-corrected chi connectivity index (χ4v) is 2.09. The maximum atomic E-state index is 5.97. The maximum Gasteiger partial charge on any atom is 0.217 e. The van der Waals surface area contributed by atoms with E-state index in [9.17, 15) is 0 Å². The monoisotopic (exact) mass is 302 g/mol. The first-order chi connectivity index (χ1) is 9.17. The second-order valence-electron chi connectivity index (χ2n) is 5.78. The Morgan fingerprint density at radius 1 is 1.25 bits per heavy atom. The zero-order chi connectivity index (χ0) is 15.4. The number of nitrogens with two attached hydrogens (primary N) is 1. The van der Waals surface area contributed by atoms with Crippen molar-refractivity contribution in [3.05, 3.63) is 12.3 Å². The van der Waals surface area contributed by atoms with Crippen LogP contribution in [0.15, 0.2) is 12.3 Å². The van der Waals surface area contributed by atoms with Gasteiger partial charge in [0.25, 0.3) is 0 Å². The van der Waals surface area contributed by atoms with E-state index < -0.39 is 10.3 Å². The number of hydrogen-bond acceptors (Lipinski definition) is 5. The molecule has 20 heavy (non-hydrogen) atoms. The summed E-state index contributed by atoms with van der Waals surface area (Å²) in [6.07, 6.45) is 5.86. The van der Waals surface area contributed by atoms with Crippen LogP contribution < -0.4 is 15.2 Å². The van der Waals surface area contributed by atoms with Gasteiger partial charge in [-0.05, 0) is 12.5 Å². The first kappa shape index (κ1) is 16.9. The number of aromatic nitrogens is 1. The summed E-state index contributed by atoms with van der Waals surface area (Å²) < 4.78 is 16.8. The van der Waals surface area contributed by atoms with Gasteiger partial charge in [-0.3, -0.25) is 0 Å². The van der Waals surface area contributed by atoms with Gasteiger partial charge in [-0.2, -0.15) is 0 Å². The van der Waals surface area contributed by atoms with Crippen molar-refractivity contribution in [3.63, 3.8) is 0 Å². The van der Waals surface area contributed by atoms with Crippen LogP contribution in [0.5, 0.6) is 11.6 Å². The third-order valence-electron chi connectivity index (χ3n) is 3.28. The van der Waals surface area contributed by atoms with Gasteiger partial charge in [-0.1, -0.05) is 20.8 Å². The third kappa shape index (κ3) is 4.45. The van der Waals surface area contributed by atoms with E-state index in [4.69, 9.17) is 19.4 Å². The van der Waals surface area contributed by atoms with E-state index in [1.807, 2.05) is 0 Å². The Morgan fingerprint density at radius 3 is 2.45 bits per heavy atom. The fraction of sp³-hybridized carbons (Fsp3) is 0.643. The quantitative estimate of drug-likeness (QED) is 0.818. The van der Waals surface area contributed by atoms with Gasteiger partial charge in [0.2, 0.25) is 5.88 Å². The zero-order valence-corrected chi connectivity index (χ0v) is 14.0. The summed E-state index contributed by atoms with van der Waals surface area (Å²) in [5, 5.41) is 0. The Hall–Kier alpha value is -1.14. The fourth-order valence-electron chi connectivity index (χ4n) is 1.25. The molecule has 0 aliphatic heterocycles. The lowest BCUT2D eigenvalue weighted by molar-refractivity contribution is 0.224. The van der Waals surface area contributed by atoms with E-state index in [0.29, 0.717) is 30.5 Å². The van der Waals surface area contributed by atoms with Gasteiger partial charge in [0.05, 0.1) is 25.6 Å². The van der Waals surface area contributed by atoms with Crippen molar-refractivity contribution >= 4 is 16.0 Å². The third-order valence-corrected chi connectivity index (χ3v) is 6.98. The normalized spacial score (nSPS) is 13.1. The molecule has 1 aromatic rings. The van der Waals surface area contributed by atoms with Crippen molar-refractivity contribution in [2.75, 3.05) is 38.6 Å². The maximum absolute atomic E-state index is 5.97. The van der Waals surface area contributed by atoms with Crippen LogP contribution in [0.3, 0.4) is 0 Å². The largest absolute Gasteiger partial charge is 0.494 e. The van der Waals surface area contributed by atoms with Crippen LogP contribution in [0, 0.1) is 0 Å². The molecule has 0 spiro atoms. The molecule has 0 aromatic carbocycles. The molecule has 5 nitrogen and oxygen atoms in total. The van der Waals surface area contributed by atoms with Gasteiger partial charge in [-0.25, -0.2) is 4.98 Å². The standard InChI is InChI=1S/C14H26N2O3S/c1-14(2,3)20(5,6)19-8-7-18-13-9-12(17-4)11(15)10-16-13/h9-10H,7-8,15H2,1-6H3. The van der Waals surface area contributed by atoms with Crippen molar-refractivity contribution in [1.82, 2.24) is 4.98 Å². The molecule has 1 aromatic heterocycles. The number of ether oxygens (including phenoxy) is 2. The highest BCUT2D eigenvalue weighted by molar-refractivity contribution is 8.29. The smallest absolute Gasteiger partial charge is 0.217 e. The van der Waals surface area contributed by atoms with Gasteiger partial charge in [-0.15, -0.1) is 10.3 Å². The molecule has 0 saturated heterocycles. The summed E-state index contributed by atoms with van der Waals surface area (Å²) in [6.45, 7) is 7.56. The van der Waals surface area contributed by atoms with Crippen molar-refractivity contribution in [1.29, 1.82) is 0 Å². The highest BCUT2D eigenvalue weighted by atomic mass is 32.3. The highest BCUT2D eigenvalue weighted by Gasteiger charge is 2.28. The first-order valence-electron chi connectivity index (χ1n) is 6.47. The summed E-state index contributed by atoms with van der Waals surface area (Å²) in [5.41, 5.74) is 6.19. The minimum Gasteiger partial charge on any atom is -0.494 e. The Kier molecular flexibility index (Phi) is 5.53. The Bertz CT molecular complexity index is 445. The Labute approximate surface area is 123 Å². The molecular weight excluding hydrogens is 276 g/mol. The van der Waals surface area contributed by atoms with E-state index in [0.717, 1.165) is 0 Å². The van der Waals surface area contributed by atoms with Gasteiger partial charge in [0, 0.05) is 10.8 Å². The lowest BCUT2D eigenvalue weighted by Gasteiger charge is -2.43. The van der Waals surface area contributed by atoms with Crippen molar-refractivity contribution < 1.29 is 13.7 Å². The number of hydrogen-bond donors (Lipinski definition) is 1. The summed E-state index contributed by atoms with van der Waals surface area (Å²) in [4.78, 5) is 4.09. The van der Waals surface area contributed by atoms with Crippen LogP contribution in [0.4, 0.5) is 5.69 Å². The summed E-state index contributed by atoms with van der Waals surface area (Å²) in [6, 6.07) is 1.68. The van der Waals surface area contributed by atoms with E-state index >= 15 is 0 Å². The summed E-state index contributed by atoms with van der Waals surface area (Å²) >= 11 is 0. The van der Waals surface area contributed by atoms with Crippen molar-refractivity contribution in [3.8, 4) is 11.6 Å². The second kappa shape index (κ2) is 6.54.